The maximum absolute atomic E-state index is 12.1. The number of rotatable bonds is 1. The van der Waals surface area contributed by atoms with E-state index < -0.39 is 5.60 Å². The van der Waals surface area contributed by atoms with Gasteiger partial charge in [-0.2, -0.15) is 0 Å². The summed E-state index contributed by atoms with van der Waals surface area (Å²) < 4.78 is 6.43. The van der Waals surface area contributed by atoms with Crippen LogP contribution in [0.25, 0.3) is 0 Å². The second-order valence-corrected chi connectivity index (χ2v) is 7.64. The zero-order valence-electron chi connectivity index (χ0n) is 12.5. The van der Waals surface area contributed by atoms with Crippen molar-refractivity contribution in [2.24, 2.45) is 5.92 Å². The predicted molar refractivity (Wildman–Crippen MR) is 84.4 cm³/mol. The van der Waals surface area contributed by atoms with Gasteiger partial charge in [-0.3, -0.25) is 4.98 Å². The van der Waals surface area contributed by atoms with Crippen LogP contribution in [0, 0.1) is 5.92 Å². The number of aromatic nitrogens is 1. The second kappa shape index (κ2) is 5.16. The first-order valence-electron chi connectivity index (χ1n) is 7.18. The molecule has 114 valence electrons. The number of nitrogens with zero attached hydrogens (tertiary/aromatic N) is 3. The first-order chi connectivity index (χ1) is 9.83. The third kappa shape index (κ3) is 3.00. The number of carbonyl (C=O) groups is 1. The molecule has 0 spiro atoms. The Morgan fingerprint density at radius 3 is 2.76 bits per heavy atom. The van der Waals surface area contributed by atoms with E-state index in [4.69, 9.17) is 4.74 Å². The molecule has 2 saturated heterocycles. The Kier molecular flexibility index (Phi) is 3.59. The molecule has 3 heterocycles. The number of fused-ring (bicyclic) bond motifs is 1. The summed E-state index contributed by atoms with van der Waals surface area (Å²) >= 11 is 3.45. The first kappa shape index (κ1) is 14.6. The third-order valence-corrected chi connectivity index (χ3v) is 4.36. The summed E-state index contributed by atoms with van der Waals surface area (Å²) in [5.41, 5.74) is 0.664. The molecule has 6 heteroatoms. The van der Waals surface area contributed by atoms with Crippen LogP contribution in [-0.4, -0.2) is 47.3 Å². The molecule has 0 bridgehead atoms. The molecule has 2 aliphatic heterocycles. The Morgan fingerprint density at radius 1 is 1.33 bits per heavy atom. The van der Waals surface area contributed by atoms with Crippen molar-refractivity contribution in [3.8, 4) is 0 Å². The lowest BCUT2D eigenvalue weighted by atomic mass is 9.93. The number of pyridine rings is 1. The lowest BCUT2D eigenvalue weighted by molar-refractivity contribution is -0.0163. The fourth-order valence-electron chi connectivity index (χ4n) is 2.95. The second-order valence-electron chi connectivity index (χ2n) is 6.73. The van der Waals surface area contributed by atoms with Gasteiger partial charge in [0.05, 0.1) is 17.9 Å². The van der Waals surface area contributed by atoms with Gasteiger partial charge in [0.15, 0.2) is 0 Å². The highest BCUT2D eigenvalue weighted by molar-refractivity contribution is 9.10. The van der Waals surface area contributed by atoms with Crippen molar-refractivity contribution >= 4 is 27.7 Å². The zero-order valence-corrected chi connectivity index (χ0v) is 14.1. The van der Waals surface area contributed by atoms with Gasteiger partial charge in [-0.15, -0.1) is 0 Å². The fourth-order valence-corrected chi connectivity index (χ4v) is 3.30. The van der Waals surface area contributed by atoms with E-state index >= 15 is 0 Å². The average Bonchev–Trinajstić information content (AvgIpc) is 2.65. The molecular formula is C15H20BrN3O2. The van der Waals surface area contributed by atoms with Crippen LogP contribution >= 0.6 is 15.9 Å². The van der Waals surface area contributed by atoms with Gasteiger partial charge >= 0.3 is 6.09 Å². The molecule has 5 nitrogen and oxygen atoms in total. The molecule has 0 N–H and O–H groups in total. The number of carbonyl (C=O) groups excluding carboxylic acids is 1. The Bertz CT molecular complexity index is 558. The SMILES string of the molecule is CC(C)(C)OC(=O)N1CC2CN(c3cncc(Br)c3)CC21. The van der Waals surface area contributed by atoms with Gasteiger partial charge in [0.1, 0.15) is 5.60 Å². The number of likely N-dealkylation sites (tertiary alicyclic amines) is 1. The highest BCUT2D eigenvalue weighted by Crippen LogP contribution is 2.36. The Morgan fingerprint density at radius 2 is 2.10 bits per heavy atom. The van der Waals surface area contributed by atoms with Crippen molar-refractivity contribution in [3.63, 3.8) is 0 Å². The van der Waals surface area contributed by atoms with E-state index in [1.165, 1.54) is 0 Å². The molecule has 2 aliphatic rings. The number of ether oxygens (including phenoxy) is 1. The fraction of sp³-hybridized carbons (Fsp3) is 0.600. The van der Waals surface area contributed by atoms with E-state index in [0.29, 0.717) is 5.92 Å². The number of amides is 1. The number of anilines is 1. The minimum Gasteiger partial charge on any atom is -0.444 e. The van der Waals surface area contributed by atoms with Gasteiger partial charge in [-0.1, -0.05) is 0 Å². The Labute approximate surface area is 133 Å². The monoisotopic (exact) mass is 353 g/mol. The zero-order chi connectivity index (χ0) is 15.2. The number of halogens is 1. The van der Waals surface area contributed by atoms with Crippen molar-refractivity contribution in [3.05, 3.63) is 22.9 Å². The predicted octanol–water partition coefficient (Wildman–Crippen LogP) is 2.90. The Balaban J connectivity index is 1.64. The summed E-state index contributed by atoms with van der Waals surface area (Å²) in [6.45, 7) is 8.31. The molecule has 1 aromatic rings. The minimum absolute atomic E-state index is 0.196. The average molecular weight is 354 g/mol. The molecule has 2 fully saturated rings. The largest absolute Gasteiger partial charge is 0.444 e. The van der Waals surface area contributed by atoms with Crippen molar-refractivity contribution in [2.45, 2.75) is 32.4 Å². The maximum Gasteiger partial charge on any atom is 0.410 e. The van der Waals surface area contributed by atoms with E-state index in [1.54, 1.807) is 6.20 Å². The molecule has 3 rings (SSSR count). The smallest absolute Gasteiger partial charge is 0.410 e. The van der Waals surface area contributed by atoms with E-state index in [0.717, 1.165) is 29.8 Å². The lowest BCUT2D eigenvalue weighted by Crippen LogP contribution is -2.59. The summed E-state index contributed by atoms with van der Waals surface area (Å²) in [7, 11) is 0. The van der Waals surface area contributed by atoms with Crippen LogP contribution in [0.5, 0.6) is 0 Å². The van der Waals surface area contributed by atoms with Crippen LogP contribution in [0.2, 0.25) is 0 Å². The molecule has 2 atom stereocenters. The standard InChI is InChI=1S/C15H20BrN3O2/c1-15(2,3)21-14(20)19-8-10-7-18(9-13(10)19)12-4-11(16)5-17-6-12/h4-6,10,13H,7-9H2,1-3H3. The first-order valence-corrected chi connectivity index (χ1v) is 7.98. The van der Waals surface area contributed by atoms with Gasteiger partial charge in [0, 0.05) is 36.2 Å². The maximum atomic E-state index is 12.1. The van der Waals surface area contributed by atoms with Crippen molar-refractivity contribution in [1.29, 1.82) is 0 Å². The minimum atomic E-state index is -0.436. The number of hydrogen-bond acceptors (Lipinski definition) is 4. The molecule has 1 amide bonds. The molecule has 2 unspecified atom stereocenters. The molecule has 0 saturated carbocycles. The summed E-state index contributed by atoms with van der Waals surface area (Å²) in [6, 6.07) is 2.33. The molecule has 0 aliphatic carbocycles. The highest BCUT2D eigenvalue weighted by Gasteiger charge is 2.49. The van der Waals surface area contributed by atoms with Gasteiger partial charge in [-0.05, 0) is 42.8 Å². The number of hydrogen-bond donors (Lipinski definition) is 0. The van der Waals surface area contributed by atoms with Gasteiger partial charge in [-0.25, -0.2) is 4.79 Å². The summed E-state index contributed by atoms with van der Waals surface area (Å²) in [5, 5.41) is 0. The molecule has 0 radical (unpaired) electrons. The van der Waals surface area contributed by atoms with Crippen LogP contribution in [0.4, 0.5) is 10.5 Å². The van der Waals surface area contributed by atoms with Gasteiger partial charge < -0.3 is 14.5 Å². The van der Waals surface area contributed by atoms with Crippen LogP contribution in [0.3, 0.4) is 0 Å². The van der Waals surface area contributed by atoms with E-state index in [2.05, 4.69) is 31.9 Å². The summed E-state index contributed by atoms with van der Waals surface area (Å²) in [6.07, 6.45) is 3.45. The molecule has 1 aromatic heterocycles. The summed E-state index contributed by atoms with van der Waals surface area (Å²) in [4.78, 5) is 20.5. The third-order valence-electron chi connectivity index (χ3n) is 3.92. The van der Waals surface area contributed by atoms with Crippen LogP contribution < -0.4 is 4.90 Å². The Hall–Kier alpha value is -1.30. The van der Waals surface area contributed by atoms with Gasteiger partial charge in [0.2, 0.25) is 0 Å². The van der Waals surface area contributed by atoms with E-state index in [-0.39, 0.29) is 12.1 Å². The van der Waals surface area contributed by atoms with Gasteiger partial charge in [0.25, 0.3) is 0 Å². The molecule has 0 aromatic carbocycles. The van der Waals surface area contributed by atoms with Crippen molar-refractivity contribution in [1.82, 2.24) is 9.88 Å². The van der Waals surface area contributed by atoms with Crippen LogP contribution in [0.15, 0.2) is 22.9 Å². The van der Waals surface area contributed by atoms with E-state index in [1.807, 2.05) is 31.9 Å². The highest BCUT2D eigenvalue weighted by atomic mass is 79.9. The molecule has 21 heavy (non-hydrogen) atoms. The normalized spacial score (nSPS) is 24.6. The molecular weight excluding hydrogens is 334 g/mol. The quantitative estimate of drug-likeness (QED) is 0.778. The lowest BCUT2D eigenvalue weighted by Gasteiger charge is -2.43. The topological polar surface area (TPSA) is 45.7 Å². The summed E-state index contributed by atoms with van der Waals surface area (Å²) in [5.74, 6) is 0.538. The van der Waals surface area contributed by atoms with Crippen LogP contribution in [-0.2, 0) is 4.74 Å². The van der Waals surface area contributed by atoms with Crippen molar-refractivity contribution in [2.75, 3.05) is 24.5 Å². The van der Waals surface area contributed by atoms with Crippen molar-refractivity contribution < 1.29 is 9.53 Å². The van der Waals surface area contributed by atoms with E-state index in [9.17, 15) is 4.79 Å². The van der Waals surface area contributed by atoms with Crippen LogP contribution in [0.1, 0.15) is 20.8 Å².